The van der Waals surface area contributed by atoms with E-state index >= 15 is 0 Å². The maximum absolute atomic E-state index is 12.3. The number of aliphatic hydroxyl groups is 1. The maximum atomic E-state index is 12.3. The normalized spacial score (nSPS) is 11.6. The lowest BCUT2D eigenvalue weighted by Gasteiger charge is -2.14. The van der Waals surface area contributed by atoms with Crippen LogP contribution in [0.25, 0.3) is 0 Å². The number of likely N-dealkylation sites (N-methyl/N-ethyl adjacent to an activating group) is 1. The van der Waals surface area contributed by atoms with Crippen LogP contribution in [0.15, 0.2) is 36.7 Å². The number of rotatable bonds is 6. The molecule has 0 radical (unpaired) electrons. The fourth-order valence-electron chi connectivity index (χ4n) is 2.17. The van der Waals surface area contributed by atoms with E-state index in [9.17, 15) is 4.79 Å². The molecule has 0 saturated heterocycles. The Labute approximate surface area is 135 Å². The molecule has 1 atom stereocenters. The van der Waals surface area contributed by atoms with Gasteiger partial charge in [-0.3, -0.25) is 9.48 Å². The lowest BCUT2D eigenvalue weighted by atomic mass is 10.1. The first-order chi connectivity index (χ1) is 10.1. The van der Waals surface area contributed by atoms with Crippen molar-refractivity contribution in [2.24, 2.45) is 7.05 Å². The summed E-state index contributed by atoms with van der Waals surface area (Å²) in [6.45, 7) is 0.418. The van der Waals surface area contributed by atoms with Gasteiger partial charge in [0, 0.05) is 25.4 Å². The van der Waals surface area contributed by atoms with Crippen molar-refractivity contribution in [1.82, 2.24) is 20.4 Å². The van der Waals surface area contributed by atoms with Gasteiger partial charge in [-0.2, -0.15) is 5.10 Å². The summed E-state index contributed by atoms with van der Waals surface area (Å²) in [4.78, 5) is 12.3. The topological polar surface area (TPSA) is 79.2 Å². The van der Waals surface area contributed by atoms with Crippen LogP contribution in [-0.4, -0.2) is 27.8 Å². The third-order valence-electron chi connectivity index (χ3n) is 3.25. The third kappa shape index (κ3) is 4.56. The predicted molar refractivity (Wildman–Crippen MR) is 86.5 cm³/mol. The molecule has 1 heterocycles. The van der Waals surface area contributed by atoms with Gasteiger partial charge in [0.2, 0.25) is 5.91 Å². The van der Waals surface area contributed by atoms with Gasteiger partial charge in [0.1, 0.15) is 6.04 Å². The summed E-state index contributed by atoms with van der Waals surface area (Å²) in [6, 6.07) is 7.07. The van der Waals surface area contributed by atoms with Gasteiger partial charge < -0.3 is 15.7 Å². The van der Waals surface area contributed by atoms with Crippen molar-refractivity contribution in [3.8, 4) is 0 Å². The summed E-state index contributed by atoms with van der Waals surface area (Å²) < 4.78 is 1.66. The van der Waals surface area contributed by atoms with Gasteiger partial charge in [0.15, 0.2) is 0 Å². The van der Waals surface area contributed by atoms with E-state index in [1.807, 2.05) is 37.5 Å². The number of hydrogen-bond acceptors (Lipinski definition) is 4. The Morgan fingerprint density at radius 1 is 1.41 bits per heavy atom. The minimum Gasteiger partial charge on any atom is -0.392 e. The number of hydrogen-bond donors (Lipinski definition) is 3. The van der Waals surface area contributed by atoms with Crippen LogP contribution >= 0.6 is 12.4 Å². The van der Waals surface area contributed by atoms with Gasteiger partial charge in [-0.1, -0.05) is 24.3 Å². The van der Waals surface area contributed by atoms with Crippen LogP contribution in [0.2, 0.25) is 0 Å². The second kappa shape index (κ2) is 8.53. The molecule has 0 saturated carbocycles. The van der Waals surface area contributed by atoms with Gasteiger partial charge in [0.05, 0.1) is 12.8 Å². The second-order valence-corrected chi connectivity index (χ2v) is 4.86. The predicted octanol–water partition coefficient (Wildman–Crippen LogP) is 0.911. The molecule has 0 aliphatic heterocycles. The highest BCUT2D eigenvalue weighted by molar-refractivity contribution is 5.85. The number of benzene rings is 1. The van der Waals surface area contributed by atoms with Crippen LogP contribution in [0.5, 0.6) is 0 Å². The van der Waals surface area contributed by atoms with Gasteiger partial charge in [-0.25, -0.2) is 0 Å². The van der Waals surface area contributed by atoms with Crippen LogP contribution in [0.3, 0.4) is 0 Å². The zero-order valence-electron chi connectivity index (χ0n) is 12.6. The first kappa shape index (κ1) is 18.2. The van der Waals surface area contributed by atoms with E-state index in [4.69, 9.17) is 5.11 Å². The highest BCUT2D eigenvalue weighted by Gasteiger charge is 2.19. The summed E-state index contributed by atoms with van der Waals surface area (Å²) in [5, 5.41) is 19.1. The molecule has 22 heavy (non-hydrogen) atoms. The number of nitrogens with zero attached hydrogens (tertiary/aromatic N) is 2. The fourth-order valence-corrected chi connectivity index (χ4v) is 2.17. The number of halogens is 1. The van der Waals surface area contributed by atoms with Crippen LogP contribution in [0, 0.1) is 0 Å². The van der Waals surface area contributed by atoms with Crippen molar-refractivity contribution in [1.29, 1.82) is 0 Å². The van der Waals surface area contributed by atoms with E-state index in [1.54, 1.807) is 17.9 Å². The number of carbonyl (C=O) groups excluding carboxylic acids is 1. The number of carbonyl (C=O) groups is 1. The molecule has 0 bridgehead atoms. The average Bonchev–Trinajstić information content (AvgIpc) is 2.92. The largest absolute Gasteiger partial charge is 0.392 e. The van der Waals surface area contributed by atoms with Gasteiger partial charge >= 0.3 is 0 Å². The second-order valence-electron chi connectivity index (χ2n) is 4.86. The van der Waals surface area contributed by atoms with Crippen LogP contribution in [-0.2, 0) is 25.0 Å². The monoisotopic (exact) mass is 324 g/mol. The molecule has 120 valence electrons. The molecule has 7 heteroatoms. The maximum Gasteiger partial charge on any atom is 0.242 e. The highest BCUT2D eigenvalue weighted by Crippen LogP contribution is 2.12. The van der Waals surface area contributed by atoms with E-state index in [0.29, 0.717) is 6.54 Å². The Bertz CT molecular complexity index is 615. The molecule has 0 fully saturated rings. The molecule has 1 aromatic heterocycles. The van der Waals surface area contributed by atoms with Crippen LogP contribution in [0.4, 0.5) is 0 Å². The Kier molecular flexibility index (Phi) is 7.04. The fraction of sp³-hybridized carbons (Fsp3) is 0.333. The molecular formula is C15H21ClN4O2. The molecule has 1 unspecified atom stereocenters. The van der Waals surface area contributed by atoms with Crippen LogP contribution < -0.4 is 10.6 Å². The van der Waals surface area contributed by atoms with Crippen molar-refractivity contribution in [2.75, 3.05) is 7.05 Å². The van der Waals surface area contributed by atoms with Crippen LogP contribution in [0.1, 0.15) is 22.7 Å². The van der Waals surface area contributed by atoms with E-state index in [-0.39, 0.29) is 24.9 Å². The first-order valence-corrected chi connectivity index (χ1v) is 6.76. The molecule has 1 aromatic carbocycles. The number of amides is 1. The van der Waals surface area contributed by atoms with Gasteiger partial charge in [-0.05, 0) is 18.2 Å². The van der Waals surface area contributed by atoms with Crippen molar-refractivity contribution >= 4 is 18.3 Å². The van der Waals surface area contributed by atoms with Crippen molar-refractivity contribution in [2.45, 2.75) is 19.2 Å². The quantitative estimate of drug-likeness (QED) is 0.738. The summed E-state index contributed by atoms with van der Waals surface area (Å²) in [6.07, 6.45) is 3.49. The lowest BCUT2D eigenvalue weighted by molar-refractivity contribution is -0.123. The minimum absolute atomic E-state index is 0. The van der Waals surface area contributed by atoms with E-state index in [1.165, 1.54) is 0 Å². The smallest absolute Gasteiger partial charge is 0.242 e. The molecule has 0 spiro atoms. The third-order valence-corrected chi connectivity index (χ3v) is 3.25. The van der Waals surface area contributed by atoms with E-state index in [0.717, 1.165) is 16.7 Å². The van der Waals surface area contributed by atoms with E-state index in [2.05, 4.69) is 15.7 Å². The van der Waals surface area contributed by atoms with Crippen molar-refractivity contribution in [3.05, 3.63) is 53.3 Å². The SMILES string of the molecule is CNC(C(=O)NCc1cccc(CO)c1)c1cnn(C)c1.Cl. The number of aryl methyl sites for hydroxylation is 1. The number of nitrogens with one attached hydrogen (secondary N) is 2. The summed E-state index contributed by atoms with van der Waals surface area (Å²) >= 11 is 0. The number of aromatic nitrogens is 2. The zero-order valence-corrected chi connectivity index (χ0v) is 13.4. The molecular weight excluding hydrogens is 304 g/mol. The molecule has 0 aliphatic rings. The molecule has 1 amide bonds. The molecule has 2 rings (SSSR count). The molecule has 6 nitrogen and oxygen atoms in total. The number of aliphatic hydroxyl groups excluding tert-OH is 1. The average molecular weight is 325 g/mol. The molecule has 2 aromatic rings. The molecule has 0 aliphatic carbocycles. The molecule has 3 N–H and O–H groups in total. The standard InChI is InChI=1S/C15H20N4O2.ClH/c1-16-14(13-8-18-19(2)9-13)15(21)17-7-11-4-3-5-12(6-11)10-20;/h3-6,8-9,14,16,20H,7,10H2,1-2H3,(H,17,21);1H. The van der Waals surface area contributed by atoms with Crippen molar-refractivity contribution < 1.29 is 9.90 Å². The van der Waals surface area contributed by atoms with Gasteiger partial charge in [0.25, 0.3) is 0 Å². The highest BCUT2D eigenvalue weighted by atomic mass is 35.5. The Balaban J connectivity index is 0.00000242. The van der Waals surface area contributed by atoms with E-state index < -0.39 is 6.04 Å². The summed E-state index contributed by atoms with van der Waals surface area (Å²) in [5.41, 5.74) is 2.61. The van der Waals surface area contributed by atoms with Crippen molar-refractivity contribution in [3.63, 3.8) is 0 Å². The Hall–Kier alpha value is -1.89. The summed E-state index contributed by atoms with van der Waals surface area (Å²) in [7, 11) is 3.55. The Morgan fingerprint density at radius 2 is 2.14 bits per heavy atom. The summed E-state index contributed by atoms with van der Waals surface area (Å²) in [5.74, 6) is -0.111. The zero-order chi connectivity index (χ0) is 15.2. The minimum atomic E-state index is -0.431. The lowest BCUT2D eigenvalue weighted by Crippen LogP contribution is -2.35. The Morgan fingerprint density at radius 3 is 2.73 bits per heavy atom. The van der Waals surface area contributed by atoms with Gasteiger partial charge in [-0.15, -0.1) is 12.4 Å². The first-order valence-electron chi connectivity index (χ1n) is 6.76.